The molecule has 0 saturated heterocycles. The van der Waals surface area contributed by atoms with Crippen LogP contribution in [-0.2, 0) is 0 Å². The van der Waals surface area contributed by atoms with Crippen molar-refractivity contribution in [3.05, 3.63) is 82.8 Å². The van der Waals surface area contributed by atoms with Crippen molar-refractivity contribution in [2.24, 2.45) is 9.98 Å². The van der Waals surface area contributed by atoms with Gasteiger partial charge in [0.2, 0.25) is 0 Å². The van der Waals surface area contributed by atoms with Gasteiger partial charge in [0.25, 0.3) is 0 Å². The molecule has 0 aliphatic carbocycles. The molecule has 134 valence electrons. The van der Waals surface area contributed by atoms with Crippen LogP contribution in [0.2, 0.25) is 0 Å². The summed E-state index contributed by atoms with van der Waals surface area (Å²) in [6.45, 7) is 0. The smallest absolute Gasteiger partial charge is 0.142 e. The van der Waals surface area contributed by atoms with E-state index in [0.29, 0.717) is 6.42 Å². The lowest BCUT2D eigenvalue weighted by Gasteiger charge is -2.13. The van der Waals surface area contributed by atoms with Crippen molar-refractivity contribution in [1.82, 2.24) is 0 Å². The van der Waals surface area contributed by atoms with Crippen LogP contribution in [0, 0.1) is 0 Å². The average molecular weight is 420 g/mol. The van der Waals surface area contributed by atoms with Crippen molar-refractivity contribution in [3.8, 4) is 5.75 Å². The molecule has 0 radical (unpaired) electrons. The molecule has 0 fully saturated rings. The minimum absolute atomic E-state index is 0.592. The molecule has 1 aliphatic heterocycles. The number of aliphatic imine (C=N–C) groups is 2. The number of hydrogen-bond donors (Lipinski definition) is 1. The molecule has 27 heavy (non-hydrogen) atoms. The standard InChI is InChI=1S/C22H18BrN3O/c1-27-21-9-5-4-8-19(21)26-22-14-20(15-10-12-16(23)13-11-15)24-17-6-2-3-7-18(17)25-22/h2-13H,14H2,1H3,(H,25,26). The SMILES string of the molecule is COc1ccccc1NC1=Nc2ccccc2N=C(c2ccc(Br)cc2)C1. The average Bonchev–Trinajstić information content (AvgIpc) is 2.88. The van der Waals surface area contributed by atoms with E-state index in [1.807, 2.05) is 60.7 Å². The number of para-hydroxylation sites is 4. The Morgan fingerprint density at radius 1 is 0.852 bits per heavy atom. The van der Waals surface area contributed by atoms with Gasteiger partial charge in [0.05, 0.1) is 29.9 Å². The third kappa shape index (κ3) is 3.93. The molecule has 0 bridgehead atoms. The second kappa shape index (κ2) is 7.76. The normalized spacial score (nSPS) is 13.1. The number of methoxy groups -OCH3 is 1. The van der Waals surface area contributed by atoms with Gasteiger partial charge in [0, 0.05) is 10.9 Å². The van der Waals surface area contributed by atoms with Crippen LogP contribution in [0.5, 0.6) is 5.75 Å². The van der Waals surface area contributed by atoms with E-state index in [2.05, 4.69) is 33.4 Å². The summed E-state index contributed by atoms with van der Waals surface area (Å²) in [4.78, 5) is 9.72. The number of nitrogens with one attached hydrogen (secondary N) is 1. The minimum Gasteiger partial charge on any atom is -0.495 e. The Morgan fingerprint density at radius 2 is 1.52 bits per heavy atom. The molecule has 1 aliphatic rings. The molecular weight excluding hydrogens is 402 g/mol. The quantitative estimate of drug-likeness (QED) is 0.555. The predicted octanol–water partition coefficient (Wildman–Crippen LogP) is 6.12. The fourth-order valence-corrected chi connectivity index (χ4v) is 3.23. The van der Waals surface area contributed by atoms with Gasteiger partial charge in [0.15, 0.2) is 0 Å². The number of fused-ring (bicyclic) bond motifs is 1. The predicted molar refractivity (Wildman–Crippen MR) is 115 cm³/mol. The van der Waals surface area contributed by atoms with Crippen LogP contribution in [0.25, 0.3) is 0 Å². The van der Waals surface area contributed by atoms with Gasteiger partial charge in [0.1, 0.15) is 11.6 Å². The van der Waals surface area contributed by atoms with E-state index in [1.54, 1.807) is 7.11 Å². The van der Waals surface area contributed by atoms with Crippen LogP contribution in [0.4, 0.5) is 17.1 Å². The van der Waals surface area contributed by atoms with Gasteiger partial charge in [-0.05, 0) is 42.0 Å². The van der Waals surface area contributed by atoms with Crippen molar-refractivity contribution in [1.29, 1.82) is 0 Å². The van der Waals surface area contributed by atoms with E-state index in [4.69, 9.17) is 14.7 Å². The second-order valence-corrected chi connectivity index (χ2v) is 7.03. The van der Waals surface area contributed by atoms with Crippen molar-refractivity contribution in [2.45, 2.75) is 6.42 Å². The molecule has 4 rings (SSSR count). The van der Waals surface area contributed by atoms with Crippen molar-refractivity contribution >= 4 is 44.5 Å². The lowest BCUT2D eigenvalue weighted by Crippen LogP contribution is -2.17. The summed E-state index contributed by atoms with van der Waals surface area (Å²) >= 11 is 3.49. The van der Waals surface area contributed by atoms with E-state index in [-0.39, 0.29) is 0 Å². The van der Waals surface area contributed by atoms with E-state index in [1.165, 1.54) is 0 Å². The number of ether oxygens (including phenoxy) is 1. The number of halogens is 1. The van der Waals surface area contributed by atoms with Crippen molar-refractivity contribution in [2.75, 3.05) is 12.4 Å². The maximum Gasteiger partial charge on any atom is 0.142 e. The molecule has 3 aromatic rings. The number of benzene rings is 3. The van der Waals surface area contributed by atoms with Crippen LogP contribution < -0.4 is 10.1 Å². The van der Waals surface area contributed by atoms with Crippen LogP contribution >= 0.6 is 15.9 Å². The molecule has 4 nitrogen and oxygen atoms in total. The summed E-state index contributed by atoms with van der Waals surface area (Å²) in [5.41, 5.74) is 4.64. The third-order valence-corrected chi connectivity index (χ3v) is 4.82. The lowest BCUT2D eigenvalue weighted by atomic mass is 10.1. The Hall–Kier alpha value is -2.92. The highest BCUT2D eigenvalue weighted by Crippen LogP contribution is 2.32. The van der Waals surface area contributed by atoms with Crippen LogP contribution in [0.1, 0.15) is 12.0 Å². The first-order valence-corrected chi connectivity index (χ1v) is 9.42. The molecule has 0 amide bonds. The first-order chi connectivity index (χ1) is 13.2. The van der Waals surface area contributed by atoms with Crippen molar-refractivity contribution in [3.63, 3.8) is 0 Å². The fourth-order valence-electron chi connectivity index (χ4n) is 2.97. The Kier molecular flexibility index (Phi) is 5.03. The summed E-state index contributed by atoms with van der Waals surface area (Å²) in [7, 11) is 1.67. The van der Waals surface area contributed by atoms with Gasteiger partial charge in [-0.15, -0.1) is 0 Å². The van der Waals surface area contributed by atoms with Crippen LogP contribution in [-0.4, -0.2) is 18.7 Å². The maximum atomic E-state index is 5.46. The molecule has 0 atom stereocenters. The molecule has 5 heteroatoms. The zero-order valence-corrected chi connectivity index (χ0v) is 16.4. The zero-order valence-electron chi connectivity index (χ0n) is 14.8. The van der Waals surface area contributed by atoms with E-state index in [0.717, 1.165) is 44.4 Å². The van der Waals surface area contributed by atoms with Gasteiger partial charge in [-0.1, -0.05) is 52.3 Å². The number of amidine groups is 1. The number of rotatable bonds is 3. The molecular formula is C22H18BrN3O. The third-order valence-electron chi connectivity index (χ3n) is 4.29. The highest BCUT2D eigenvalue weighted by molar-refractivity contribution is 9.10. The first-order valence-electron chi connectivity index (χ1n) is 8.63. The molecule has 1 heterocycles. The van der Waals surface area contributed by atoms with E-state index < -0.39 is 0 Å². The van der Waals surface area contributed by atoms with Crippen molar-refractivity contribution < 1.29 is 4.74 Å². The molecule has 1 N–H and O–H groups in total. The number of nitrogens with zero attached hydrogens (tertiary/aromatic N) is 2. The van der Waals surface area contributed by atoms with Gasteiger partial charge in [-0.3, -0.25) is 4.99 Å². The summed E-state index contributed by atoms with van der Waals surface area (Å²) < 4.78 is 6.50. The van der Waals surface area contributed by atoms with E-state index >= 15 is 0 Å². The van der Waals surface area contributed by atoms with Gasteiger partial charge >= 0.3 is 0 Å². The molecule has 0 spiro atoms. The molecule has 0 unspecified atom stereocenters. The van der Waals surface area contributed by atoms with Crippen LogP contribution in [0.15, 0.2) is 87.3 Å². The Bertz CT molecular complexity index is 1030. The number of anilines is 1. The maximum absolute atomic E-state index is 5.46. The fraction of sp³-hybridized carbons (Fsp3) is 0.0909. The van der Waals surface area contributed by atoms with Gasteiger partial charge in [-0.2, -0.15) is 0 Å². The van der Waals surface area contributed by atoms with Gasteiger partial charge in [-0.25, -0.2) is 4.99 Å². The Balaban J connectivity index is 1.75. The highest BCUT2D eigenvalue weighted by Gasteiger charge is 2.16. The Labute approximate surface area is 166 Å². The largest absolute Gasteiger partial charge is 0.495 e. The minimum atomic E-state index is 0.592. The lowest BCUT2D eigenvalue weighted by molar-refractivity contribution is 0.417. The van der Waals surface area contributed by atoms with Crippen LogP contribution in [0.3, 0.4) is 0 Å². The number of hydrogen-bond acceptors (Lipinski definition) is 4. The first kappa shape index (κ1) is 17.5. The summed E-state index contributed by atoms with van der Waals surface area (Å²) in [5.74, 6) is 1.60. The summed E-state index contributed by atoms with van der Waals surface area (Å²) in [5, 5.41) is 3.43. The molecule has 3 aromatic carbocycles. The molecule has 0 aromatic heterocycles. The zero-order chi connectivity index (χ0) is 18.6. The monoisotopic (exact) mass is 419 g/mol. The topological polar surface area (TPSA) is 46.0 Å². The second-order valence-electron chi connectivity index (χ2n) is 6.11. The summed E-state index contributed by atoms with van der Waals surface area (Å²) in [6, 6.07) is 23.9. The summed E-state index contributed by atoms with van der Waals surface area (Å²) in [6.07, 6.45) is 0.592. The van der Waals surface area contributed by atoms with E-state index in [9.17, 15) is 0 Å². The molecule has 0 saturated carbocycles. The Morgan fingerprint density at radius 3 is 2.26 bits per heavy atom. The van der Waals surface area contributed by atoms with Gasteiger partial charge < -0.3 is 10.1 Å². The highest BCUT2D eigenvalue weighted by atomic mass is 79.9.